The smallest absolute Gasteiger partial charge is 0.0423 e. The first-order valence-electron chi connectivity index (χ1n) is 5.35. The molecule has 78 valence electrons. The molecule has 0 aliphatic heterocycles. The number of pyridine rings is 1. The van der Waals surface area contributed by atoms with E-state index in [1.54, 1.807) is 0 Å². The van der Waals surface area contributed by atoms with Crippen molar-refractivity contribution in [1.29, 1.82) is 0 Å². The minimum Gasteiger partial charge on any atom is -0.324 e. The molecule has 0 bridgehead atoms. The molecule has 2 N–H and O–H groups in total. The molecule has 0 saturated heterocycles. The van der Waals surface area contributed by atoms with Crippen LogP contribution < -0.4 is 5.73 Å². The van der Waals surface area contributed by atoms with Gasteiger partial charge in [0.25, 0.3) is 0 Å². The molecule has 1 rings (SSSR count). The van der Waals surface area contributed by atoms with Gasteiger partial charge in [-0.15, -0.1) is 0 Å². The van der Waals surface area contributed by atoms with E-state index in [1.807, 2.05) is 19.9 Å². The van der Waals surface area contributed by atoms with Crippen molar-refractivity contribution in [1.82, 2.24) is 4.98 Å². The molecule has 0 aliphatic rings. The Morgan fingerprint density at radius 3 is 2.64 bits per heavy atom. The molecule has 1 aromatic rings. The van der Waals surface area contributed by atoms with Crippen molar-refractivity contribution in [3.63, 3.8) is 0 Å². The molecule has 14 heavy (non-hydrogen) atoms. The van der Waals surface area contributed by atoms with E-state index in [4.69, 9.17) is 5.73 Å². The Balaban J connectivity index is 2.74. The zero-order valence-electron chi connectivity index (χ0n) is 9.38. The lowest BCUT2D eigenvalue weighted by atomic mass is 10.0. The van der Waals surface area contributed by atoms with Crippen LogP contribution in [-0.4, -0.2) is 4.98 Å². The van der Waals surface area contributed by atoms with Crippen molar-refractivity contribution in [3.05, 3.63) is 29.1 Å². The largest absolute Gasteiger partial charge is 0.324 e. The van der Waals surface area contributed by atoms with Gasteiger partial charge in [0.1, 0.15) is 0 Å². The van der Waals surface area contributed by atoms with E-state index < -0.39 is 0 Å². The van der Waals surface area contributed by atoms with Gasteiger partial charge in [-0.3, -0.25) is 4.98 Å². The highest BCUT2D eigenvalue weighted by atomic mass is 14.7. The first-order valence-corrected chi connectivity index (χ1v) is 5.35. The Morgan fingerprint density at radius 2 is 2.07 bits per heavy atom. The molecule has 0 spiro atoms. The van der Waals surface area contributed by atoms with Crippen LogP contribution in [0.5, 0.6) is 0 Å². The third-order valence-electron chi connectivity index (χ3n) is 2.53. The number of unbranched alkanes of at least 4 members (excludes halogenated alkanes) is 1. The number of hydrogen-bond donors (Lipinski definition) is 1. The number of hydrogen-bond acceptors (Lipinski definition) is 2. The van der Waals surface area contributed by atoms with Crippen LogP contribution in [0.3, 0.4) is 0 Å². The van der Waals surface area contributed by atoms with Crippen LogP contribution in [0.1, 0.15) is 49.2 Å². The molecular weight excluding hydrogens is 172 g/mol. The SMILES string of the molecule is CCCC[C@@H](N)c1ccc(C)nc1C. The Hall–Kier alpha value is -0.890. The van der Waals surface area contributed by atoms with Gasteiger partial charge >= 0.3 is 0 Å². The summed E-state index contributed by atoms with van der Waals surface area (Å²) in [5.41, 5.74) is 9.43. The van der Waals surface area contributed by atoms with E-state index in [2.05, 4.69) is 18.0 Å². The highest BCUT2D eigenvalue weighted by Crippen LogP contribution is 2.19. The molecule has 0 radical (unpaired) electrons. The molecule has 0 amide bonds. The first-order chi connectivity index (χ1) is 6.65. The molecule has 0 fully saturated rings. The predicted octanol–water partition coefficient (Wildman–Crippen LogP) is 2.89. The lowest BCUT2D eigenvalue weighted by Gasteiger charge is -2.13. The maximum Gasteiger partial charge on any atom is 0.0423 e. The van der Waals surface area contributed by atoms with Crippen LogP contribution >= 0.6 is 0 Å². The molecule has 1 heterocycles. The van der Waals surface area contributed by atoms with Crippen molar-refractivity contribution in [2.75, 3.05) is 0 Å². The molecule has 2 heteroatoms. The van der Waals surface area contributed by atoms with Crippen LogP contribution in [0.2, 0.25) is 0 Å². The zero-order chi connectivity index (χ0) is 10.6. The van der Waals surface area contributed by atoms with E-state index in [0.717, 1.165) is 17.8 Å². The van der Waals surface area contributed by atoms with Crippen molar-refractivity contribution in [2.45, 2.75) is 46.1 Å². The Bertz CT molecular complexity index is 294. The van der Waals surface area contributed by atoms with Gasteiger partial charge in [0.2, 0.25) is 0 Å². The van der Waals surface area contributed by atoms with Crippen molar-refractivity contribution in [2.24, 2.45) is 5.73 Å². The van der Waals surface area contributed by atoms with Crippen molar-refractivity contribution < 1.29 is 0 Å². The van der Waals surface area contributed by atoms with E-state index in [9.17, 15) is 0 Å². The van der Waals surface area contributed by atoms with E-state index in [1.165, 1.54) is 18.4 Å². The zero-order valence-corrected chi connectivity index (χ0v) is 9.38. The maximum atomic E-state index is 6.09. The summed E-state index contributed by atoms with van der Waals surface area (Å²) < 4.78 is 0. The molecule has 1 aromatic heterocycles. The normalized spacial score (nSPS) is 12.9. The van der Waals surface area contributed by atoms with Gasteiger partial charge in [-0.05, 0) is 31.9 Å². The minimum absolute atomic E-state index is 0.156. The van der Waals surface area contributed by atoms with Crippen molar-refractivity contribution in [3.8, 4) is 0 Å². The summed E-state index contributed by atoms with van der Waals surface area (Å²) in [7, 11) is 0. The van der Waals surface area contributed by atoms with Crippen LogP contribution in [-0.2, 0) is 0 Å². The average Bonchev–Trinajstić information content (AvgIpc) is 2.14. The third-order valence-corrected chi connectivity index (χ3v) is 2.53. The van der Waals surface area contributed by atoms with Crippen LogP contribution in [0.4, 0.5) is 0 Å². The minimum atomic E-state index is 0.156. The fraction of sp³-hybridized carbons (Fsp3) is 0.583. The quantitative estimate of drug-likeness (QED) is 0.796. The first kappa shape index (κ1) is 11.2. The second-order valence-corrected chi connectivity index (χ2v) is 3.88. The summed E-state index contributed by atoms with van der Waals surface area (Å²) in [6.45, 7) is 6.23. The van der Waals surface area contributed by atoms with Gasteiger partial charge in [-0.1, -0.05) is 25.8 Å². The van der Waals surface area contributed by atoms with Crippen LogP contribution in [0.15, 0.2) is 12.1 Å². The van der Waals surface area contributed by atoms with Gasteiger partial charge in [-0.2, -0.15) is 0 Å². The molecule has 1 atom stereocenters. The monoisotopic (exact) mass is 192 g/mol. The summed E-state index contributed by atoms with van der Waals surface area (Å²) in [6.07, 6.45) is 3.45. The lowest BCUT2D eigenvalue weighted by Crippen LogP contribution is -2.12. The number of rotatable bonds is 4. The van der Waals surface area contributed by atoms with Gasteiger partial charge in [0.05, 0.1) is 0 Å². The van der Waals surface area contributed by atoms with Crippen LogP contribution in [0, 0.1) is 13.8 Å². The number of nitrogens with zero attached hydrogens (tertiary/aromatic N) is 1. The van der Waals surface area contributed by atoms with Gasteiger partial charge in [0, 0.05) is 17.4 Å². The van der Waals surface area contributed by atoms with E-state index >= 15 is 0 Å². The molecular formula is C12H20N2. The molecule has 2 nitrogen and oxygen atoms in total. The maximum absolute atomic E-state index is 6.09. The topological polar surface area (TPSA) is 38.9 Å². The lowest BCUT2D eigenvalue weighted by molar-refractivity contribution is 0.598. The van der Waals surface area contributed by atoms with Crippen molar-refractivity contribution >= 4 is 0 Å². The highest BCUT2D eigenvalue weighted by molar-refractivity contribution is 5.24. The van der Waals surface area contributed by atoms with Gasteiger partial charge in [-0.25, -0.2) is 0 Å². The van der Waals surface area contributed by atoms with Gasteiger partial charge in [0.15, 0.2) is 0 Å². The standard InChI is InChI=1S/C12H20N2/c1-4-5-6-12(13)11-8-7-9(2)14-10(11)3/h7-8,12H,4-6,13H2,1-3H3/t12-/m1/s1. The van der Waals surface area contributed by atoms with Gasteiger partial charge < -0.3 is 5.73 Å². The molecule has 0 unspecified atom stereocenters. The fourth-order valence-corrected chi connectivity index (χ4v) is 1.67. The number of nitrogens with two attached hydrogens (primary N) is 1. The highest BCUT2D eigenvalue weighted by Gasteiger charge is 2.08. The Kier molecular flexibility index (Phi) is 4.08. The Labute approximate surface area is 86.5 Å². The molecule has 0 saturated carbocycles. The molecule has 0 aliphatic carbocycles. The second-order valence-electron chi connectivity index (χ2n) is 3.88. The Morgan fingerprint density at radius 1 is 1.36 bits per heavy atom. The summed E-state index contributed by atoms with van der Waals surface area (Å²) in [6, 6.07) is 4.30. The number of aromatic nitrogens is 1. The van der Waals surface area contributed by atoms with Crippen LogP contribution in [0.25, 0.3) is 0 Å². The number of aryl methyl sites for hydroxylation is 2. The summed E-state index contributed by atoms with van der Waals surface area (Å²) >= 11 is 0. The second kappa shape index (κ2) is 5.11. The summed E-state index contributed by atoms with van der Waals surface area (Å²) in [4.78, 5) is 4.42. The predicted molar refractivity (Wildman–Crippen MR) is 60.2 cm³/mol. The van der Waals surface area contributed by atoms with E-state index in [-0.39, 0.29) is 6.04 Å². The average molecular weight is 192 g/mol. The fourth-order valence-electron chi connectivity index (χ4n) is 1.67. The molecule has 0 aromatic carbocycles. The summed E-state index contributed by atoms with van der Waals surface area (Å²) in [5, 5.41) is 0. The van der Waals surface area contributed by atoms with E-state index in [0.29, 0.717) is 0 Å². The summed E-state index contributed by atoms with van der Waals surface area (Å²) in [5.74, 6) is 0. The third kappa shape index (κ3) is 2.81.